The molecule has 0 bridgehead atoms. The van der Waals surface area contributed by atoms with Gasteiger partial charge in [0.25, 0.3) is 0 Å². The molecule has 1 aliphatic rings. The fourth-order valence-electron chi connectivity index (χ4n) is 2.65. The number of thiocarbonyl (C=S) groups is 1. The van der Waals surface area contributed by atoms with Gasteiger partial charge in [-0.05, 0) is 39.1 Å². The lowest BCUT2D eigenvalue weighted by atomic mass is 10.2. The van der Waals surface area contributed by atoms with E-state index in [0.29, 0.717) is 12.1 Å². The largest absolute Gasteiger partial charge is 0.389 e. The van der Waals surface area contributed by atoms with Gasteiger partial charge in [0.1, 0.15) is 4.99 Å². The van der Waals surface area contributed by atoms with Gasteiger partial charge in [0.2, 0.25) is 10.0 Å². The van der Waals surface area contributed by atoms with E-state index >= 15 is 0 Å². The average molecular weight is 327 g/mol. The molecule has 5 nitrogen and oxygen atoms in total. The maximum Gasteiger partial charge on any atom is 0.243 e. The second-order valence-electron chi connectivity index (χ2n) is 5.47. The quantitative estimate of drug-likeness (QED) is 0.840. The van der Waals surface area contributed by atoms with Crippen LogP contribution < -0.4 is 5.73 Å². The topological polar surface area (TPSA) is 66.6 Å². The molecule has 7 heteroatoms. The number of hydrogen-bond acceptors (Lipinski definition) is 4. The number of benzene rings is 1. The van der Waals surface area contributed by atoms with Gasteiger partial charge in [0, 0.05) is 24.7 Å². The van der Waals surface area contributed by atoms with Crippen molar-refractivity contribution in [2.45, 2.75) is 24.3 Å². The first-order valence-electron chi connectivity index (χ1n) is 6.92. The lowest BCUT2D eigenvalue weighted by Gasteiger charge is -2.27. The smallest absolute Gasteiger partial charge is 0.243 e. The zero-order valence-electron chi connectivity index (χ0n) is 12.3. The molecule has 1 heterocycles. The Hall–Kier alpha value is -1.02. The van der Waals surface area contributed by atoms with Gasteiger partial charge in [-0.3, -0.25) is 0 Å². The molecule has 21 heavy (non-hydrogen) atoms. The van der Waals surface area contributed by atoms with Crippen molar-refractivity contribution < 1.29 is 8.42 Å². The molecule has 2 N–H and O–H groups in total. The lowest BCUT2D eigenvalue weighted by molar-refractivity contribution is 0.290. The maximum atomic E-state index is 12.9. The molecule has 0 saturated carbocycles. The molecule has 2 rings (SSSR count). The third-order valence-corrected chi connectivity index (χ3v) is 5.96. The number of likely N-dealkylation sites (N-methyl/N-ethyl adjacent to an activating group) is 1. The highest BCUT2D eigenvalue weighted by Crippen LogP contribution is 2.21. The Kier molecular flexibility index (Phi) is 4.98. The summed E-state index contributed by atoms with van der Waals surface area (Å²) in [7, 11) is -1.51. The van der Waals surface area contributed by atoms with Crippen molar-refractivity contribution in [1.29, 1.82) is 0 Å². The van der Waals surface area contributed by atoms with Crippen LogP contribution in [-0.4, -0.2) is 55.3 Å². The van der Waals surface area contributed by atoms with E-state index in [2.05, 4.69) is 4.90 Å². The molecule has 1 saturated heterocycles. The van der Waals surface area contributed by atoms with E-state index in [0.717, 1.165) is 19.5 Å². The third-order valence-electron chi connectivity index (χ3n) is 3.71. The summed E-state index contributed by atoms with van der Waals surface area (Å²) in [6.07, 6.45) is 0.828. The summed E-state index contributed by atoms with van der Waals surface area (Å²) >= 11 is 4.92. The van der Waals surface area contributed by atoms with E-state index < -0.39 is 10.0 Å². The van der Waals surface area contributed by atoms with Crippen molar-refractivity contribution in [2.24, 2.45) is 5.73 Å². The Morgan fingerprint density at radius 2 is 2.10 bits per heavy atom. The Balaban J connectivity index is 2.36. The summed E-state index contributed by atoms with van der Waals surface area (Å²) in [6, 6.07) is 6.49. The number of nitrogens with zero attached hydrogens (tertiary/aromatic N) is 2. The molecule has 1 aromatic rings. The van der Waals surface area contributed by atoms with Gasteiger partial charge in [0.15, 0.2) is 0 Å². The van der Waals surface area contributed by atoms with Crippen LogP contribution in [0.15, 0.2) is 29.2 Å². The Labute approximate surface area is 131 Å². The predicted octanol–water partition coefficient (Wildman–Crippen LogP) is 1.04. The summed E-state index contributed by atoms with van der Waals surface area (Å²) < 4.78 is 27.3. The van der Waals surface area contributed by atoms with E-state index in [1.165, 1.54) is 0 Å². The zero-order chi connectivity index (χ0) is 15.6. The molecule has 1 aliphatic heterocycles. The molecule has 0 aliphatic carbocycles. The fourth-order valence-corrected chi connectivity index (χ4v) is 4.49. The van der Waals surface area contributed by atoms with Crippen LogP contribution in [0.2, 0.25) is 0 Å². The predicted molar refractivity (Wildman–Crippen MR) is 87.8 cm³/mol. The monoisotopic (exact) mass is 327 g/mol. The van der Waals surface area contributed by atoms with Crippen molar-refractivity contribution in [2.75, 3.05) is 26.7 Å². The Morgan fingerprint density at radius 3 is 2.76 bits per heavy atom. The van der Waals surface area contributed by atoms with Crippen LogP contribution in [0, 0.1) is 0 Å². The summed E-state index contributed by atoms with van der Waals surface area (Å²) in [5.41, 5.74) is 6.17. The van der Waals surface area contributed by atoms with E-state index in [9.17, 15) is 8.42 Å². The Morgan fingerprint density at radius 1 is 1.38 bits per heavy atom. The van der Waals surface area contributed by atoms with Crippen LogP contribution >= 0.6 is 12.2 Å². The Bertz CT molecular complexity index is 631. The van der Waals surface area contributed by atoms with Gasteiger partial charge in [0.05, 0.1) is 4.90 Å². The number of nitrogens with two attached hydrogens (primary N) is 1. The molecule has 0 radical (unpaired) electrons. The number of hydrogen-bond donors (Lipinski definition) is 1. The van der Waals surface area contributed by atoms with E-state index in [-0.39, 0.29) is 15.9 Å². The molecule has 1 unspecified atom stereocenters. The van der Waals surface area contributed by atoms with Gasteiger partial charge in [-0.1, -0.05) is 24.4 Å². The number of rotatable bonds is 3. The zero-order valence-corrected chi connectivity index (χ0v) is 14.0. The summed E-state index contributed by atoms with van der Waals surface area (Å²) in [5.74, 6) is 0. The molecule has 1 aromatic carbocycles. The molecule has 0 spiro atoms. The highest BCUT2D eigenvalue weighted by Gasteiger charge is 2.31. The standard InChI is InChI=1S/C14H21N3O2S2/c1-11-10-16(2)7-4-8-17(11)21(18,19)13-6-3-5-12(9-13)14(15)20/h3,5-6,9,11H,4,7-8,10H2,1-2H3,(H2,15,20). The van der Waals surface area contributed by atoms with Gasteiger partial charge in [-0.25, -0.2) is 8.42 Å². The molecular formula is C14H21N3O2S2. The molecule has 1 atom stereocenters. The second-order valence-corrected chi connectivity index (χ2v) is 7.80. The van der Waals surface area contributed by atoms with E-state index in [4.69, 9.17) is 18.0 Å². The second kappa shape index (κ2) is 6.39. The van der Waals surface area contributed by atoms with Gasteiger partial charge in [-0.15, -0.1) is 0 Å². The molecule has 0 aromatic heterocycles. The average Bonchev–Trinajstić information content (AvgIpc) is 2.59. The van der Waals surface area contributed by atoms with E-state index in [1.807, 2.05) is 14.0 Å². The minimum atomic E-state index is -3.52. The van der Waals surface area contributed by atoms with Crippen LogP contribution in [0.3, 0.4) is 0 Å². The lowest BCUT2D eigenvalue weighted by Crippen LogP contribution is -2.41. The van der Waals surface area contributed by atoms with Gasteiger partial charge in [-0.2, -0.15) is 4.31 Å². The van der Waals surface area contributed by atoms with Gasteiger partial charge < -0.3 is 10.6 Å². The van der Waals surface area contributed by atoms with Crippen LogP contribution in [0.4, 0.5) is 0 Å². The maximum absolute atomic E-state index is 12.9. The fraction of sp³-hybridized carbons (Fsp3) is 0.500. The van der Waals surface area contributed by atoms with Crippen LogP contribution in [0.1, 0.15) is 18.9 Å². The number of sulfonamides is 1. The summed E-state index contributed by atoms with van der Waals surface area (Å²) in [5, 5.41) is 0. The first kappa shape index (κ1) is 16.4. The highest BCUT2D eigenvalue weighted by molar-refractivity contribution is 7.89. The van der Waals surface area contributed by atoms with Gasteiger partial charge >= 0.3 is 0 Å². The summed E-state index contributed by atoms with van der Waals surface area (Å²) in [4.78, 5) is 2.62. The third kappa shape index (κ3) is 3.60. The van der Waals surface area contributed by atoms with Crippen LogP contribution in [0.5, 0.6) is 0 Å². The van der Waals surface area contributed by atoms with Crippen LogP contribution in [-0.2, 0) is 10.0 Å². The molecular weight excluding hydrogens is 306 g/mol. The molecule has 116 valence electrons. The normalized spacial score (nSPS) is 21.9. The minimum Gasteiger partial charge on any atom is -0.389 e. The van der Waals surface area contributed by atoms with Crippen molar-refractivity contribution >= 4 is 27.2 Å². The van der Waals surface area contributed by atoms with Crippen molar-refractivity contribution in [1.82, 2.24) is 9.21 Å². The van der Waals surface area contributed by atoms with Crippen molar-refractivity contribution in [3.63, 3.8) is 0 Å². The van der Waals surface area contributed by atoms with Crippen molar-refractivity contribution in [3.05, 3.63) is 29.8 Å². The minimum absolute atomic E-state index is 0.0593. The van der Waals surface area contributed by atoms with E-state index in [1.54, 1.807) is 28.6 Å². The van der Waals surface area contributed by atoms with Crippen molar-refractivity contribution in [3.8, 4) is 0 Å². The molecule has 0 amide bonds. The summed E-state index contributed by atoms with van der Waals surface area (Å²) in [6.45, 7) is 4.11. The first-order chi connectivity index (χ1) is 9.82. The molecule has 1 fully saturated rings. The SMILES string of the molecule is CC1CN(C)CCCN1S(=O)(=O)c1cccc(C(N)=S)c1. The van der Waals surface area contributed by atoms with Crippen LogP contribution in [0.25, 0.3) is 0 Å². The first-order valence-corrected chi connectivity index (χ1v) is 8.77. The highest BCUT2D eigenvalue weighted by atomic mass is 32.2.